The Bertz CT molecular complexity index is 1110. The highest BCUT2D eigenvalue weighted by atomic mass is 127. The van der Waals surface area contributed by atoms with Gasteiger partial charge in [-0.1, -0.05) is 6.58 Å². The molecule has 18 heteroatoms. The lowest BCUT2D eigenvalue weighted by Gasteiger charge is -2.28. The number of rotatable bonds is 16. The number of benzene rings is 1. The molecule has 0 aliphatic rings. The maximum atomic E-state index is 13.2. The number of aliphatic hydroxyl groups excluding tert-OH is 6. The highest BCUT2D eigenvalue weighted by Crippen LogP contribution is 2.34. The largest absolute Gasteiger partial charge is 0.394 e. The zero-order valence-corrected chi connectivity index (χ0v) is 26.7. The summed E-state index contributed by atoms with van der Waals surface area (Å²) in [6.07, 6.45) is 0.965. The second kappa shape index (κ2) is 17.0. The van der Waals surface area contributed by atoms with Crippen molar-refractivity contribution in [3.05, 3.63) is 36.5 Å². The van der Waals surface area contributed by atoms with E-state index in [9.17, 15) is 54.6 Å². The lowest BCUT2D eigenvalue weighted by atomic mass is 10.0. The normalized spacial score (nSPS) is 11.4. The number of halogens is 2. The smallest absolute Gasteiger partial charge is 0.253 e. The van der Waals surface area contributed by atoms with Gasteiger partial charge in [0.05, 0.1) is 73.1 Å². The monoisotopic (exact) mass is 821 g/mol. The van der Waals surface area contributed by atoms with Crippen LogP contribution < -0.4 is 26.6 Å². The molecule has 0 atom stereocenters. The van der Waals surface area contributed by atoms with Gasteiger partial charge in [0, 0.05) is 3.57 Å². The third-order valence-electron chi connectivity index (χ3n) is 5.96. The standard InChI is InChI=1S/C24H33I2N5O11/c1-3-13(38)29-20-12(2)16(21(41)27-4-14(39)30-23(6-32,7-33)8-34)18(25)17(19(20)26)22(42)28-5-15(40)31-24(9-35,10-36)11-37/h3,32-37H,1,4-11H2,2H3,(H,27,41)(H,28,42)(H,29,38)(H,30,39)(H,31,40). The SMILES string of the molecule is C=CC(=O)Nc1c(C)c(C(=O)NCC(=O)NC(CO)(CO)CO)c(I)c(C(=O)NCC(=O)NC(CO)(CO)CO)c1I. The van der Waals surface area contributed by atoms with Gasteiger partial charge in [-0.25, -0.2) is 0 Å². The number of amides is 5. The molecule has 0 saturated carbocycles. The van der Waals surface area contributed by atoms with Crippen LogP contribution in [0.5, 0.6) is 0 Å². The Morgan fingerprint density at radius 3 is 1.45 bits per heavy atom. The number of anilines is 1. The number of carbonyl (C=O) groups is 5. The van der Waals surface area contributed by atoms with Crippen molar-refractivity contribution in [1.29, 1.82) is 0 Å². The molecule has 1 aromatic rings. The maximum Gasteiger partial charge on any atom is 0.253 e. The second-order valence-corrected chi connectivity index (χ2v) is 11.2. The van der Waals surface area contributed by atoms with E-state index in [2.05, 4.69) is 33.2 Å². The van der Waals surface area contributed by atoms with Crippen LogP contribution in [0.25, 0.3) is 0 Å². The molecule has 1 aromatic carbocycles. The van der Waals surface area contributed by atoms with Gasteiger partial charge < -0.3 is 57.2 Å². The molecule has 0 aromatic heterocycles. The maximum absolute atomic E-state index is 13.2. The summed E-state index contributed by atoms with van der Waals surface area (Å²) in [6.45, 7) is -1.13. The molecule has 0 heterocycles. The van der Waals surface area contributed by atoms with E-state index in [1.165, 1.54) is 6.92 Å². The average molecular weight is 821 g/mol. The van der Waals surface area contributed by atoms with Crippen molar-refractivity contribution in [3.8, 4) is 0 Å². The van der Waals surface area contributed by atoms with Crippen molar-refractivity contribution in [3.63, 3.8) is 0 Å². The minimum Gasteiger partial charge on any atom is -0.394 e. The molecule has 0 saturated heterocycles. The first kappa shape index (κ1) is 37.6. The van der Waals surface area contributed by atoms with Gasteiger partial charge >= 0.3 is 0 Å². The van der Waals surface area contributed by atoms with E-state index >= 15 is 0 Å². The summed E-state index contributed by atoms with van der Waals surface area (Å²) < 4.78 is 0.290. The predicted octanol–water partition coefficient (Wildman–Crippen LogP) is -3.55. The van der Waals surface area contributed by atoms with E-state index in [-0.39, 0.29) is 29.5 Å². The molecule has 0 fully saturated rings. The number of nitrogens with one attached hydrogen (secondary N) is 5. The molecule has 0 aliphatic heterocycles. The summed E-state index contributed by atoms with van der Waals surface area (Å²) in [4.78, 5) is 63.3. The third-order valence-corrected chi connectivity index (χ3v) is 8.12. The second-order valence-electron chi connectivity index (χ2n) is 9.04. The summed E-state index contributed by atoms with van der Waals surface area (Å²) in [5.74, 6) is -4.05. The molecule has 1 rings (SSSR count). The molecule has 0 unspecified atom stereocenters. The van der Waals surface area contributed by atoms with Crippen LogP contribution in [0.2, 0.25) is 0 Å². The van der Waals surface area contributed by atoms with Crippen LogP contribution in [-0.4, -0.2) is 124 Å². The van der Waals surface area contributed by atoms with Gasteiger partial charge in [-0.15, -0.1) is 0 Å². The quantitative estimate of drug-likeness (QED) is 0.0575. The van der Waals surface area contributed by atoms with Crippen molar-refractivity contribution in [2.45, 2.75) is 18.0 Å². The lowest BCUT2D eigenvalue weighted by Crippen LogP contribution is -2.58. The molecule has 5 amide bonds. The topological polar surface area (TPSA) is 267 Å². The van der Waals surface area contributed by atoms with Gasteiger partial charge in [0.15, 0.2) is 0 Å². The zero-order valence-electron chi connectivity index (χ0n) is 22.4. The predicted molar refractivity (Wildman–Crippen MR) is 164 cm³/mol. The molecule has 11 N–H and O–H groups in total. The number of hydrogen-bond acceptors (Lipinski definition) is 11. The lowest BCUT2D eigenvalue weighted by molar-refractivity contribution is -0.125. The summed E-state index contributed by atoms with van der Waals surface area (Å²) in [6, 6.07) is 0. The van der Waals surface area contributed by atoms with Crippen LogP contribution in [-0.2, 0) is 14.4 Å². The summed E-state index contributed by atoms with van der Waals surface area (Å²) in [5, 5.41) is 68.1. The van der Waals surface area contributed by atoms with E-state index in [4.69, 9.17) is 0 Å². The molecular weight excluding hydrogens is 788 g/mol. The van der Waals surface area contributed by atoms with E-state index in [1.807, 2.05) is 0 Å². The Morgan fingerprint density at radius 2 is 1.10 bits per heavy atom. The van der Waals surface area contributed by atoms with E-state index in [0.717, 1.165) is 6.08 Å². The van der Waals surface area contributed by atoms with Gasteiger partial charge in [-0.05, 0) is 63.7 Å². The first-order valence-corrected chi connectivity index (χ1v) is 14.2. The van der Waals surface area contributed by atoms with Gasteiger partial charge in [0.2, 0.25) is 17.7 Å². The highest BCUT2D eigenvalue weighted by molar-refractivity contribution is 14.1. The first-order chi connectivity index (χ1) is 19.7. The van der Waals surface area contributed by atoms with Gasteiger partial charge in [0.25, 0.3) is 11.8 Å². The Kier molecular flexibility index (Phi) is 15.2. The van der Waals surface area contributed by atoms with Crippen LogP contribution in [0, 0.1) is 14.1 Å². The minimum absolute atomic E-state index is 0.0739. The molecule has 0 aliphatic carbocycles. The number of hydrogen-bond donors (Lipinski definition) is 11. The minimum atomic E-state index is -1.72. The van der Waals surface area contributed by atoms with Gasteiger partial charge in [-0.2, -0.15) is 0 Å². The number of carbonyl (C=O) groups excluding carboxylic acids is 5. The average Bonchev–Trinajstić information content (AvgIpc) is 2.98. The summed E-state index contributed by atoms with van der Waals surface area (Å²) in [7, 11) is 0. The van der Waals surface area contributed by atoms with Crippen LogP contribution >= 0.6 is 45.2 Å². The fourth-order valence-electron chi connectivity index (χ4n) is 3.31. The molecule has 0 radical (unpaired) electrons. The fraction of sp³-hybridized carbons (Fsp3) is 0.458. The van der Waals surface area contributed by atoms with Crippen molar-refractivity contribution >= 4 is 80.4 Å². The Labute approximate surface area is 267 Å². The first-order valence-electron chi connectivity index (χ1n) is 12.0. The Balaban J connectivity index is 3.38. The molecule has 0 bridgehead atoms. The zero-order chi connectivity index (χ0) is 32.3. The van der Waals surface area contributed by atoms with Crippen molar-refractivity contribution in [1.82, 2.24) is 21.3 Å². The van der Waals surface area contributed by atoms with E-state index in [0.29, 0.717) is 0 Å². The fourth-order valence-corrected chi connectivity index (χ4v) is 6.04. The van der Waals surface area contributed by atoms with Gasteiger partial charge in [0.1, 0.15) is 11.1 Å². The van der Waals surface area contributed by atoms with Crippen LogP contribution in [0.1, 0.15) is 26.3 Å². The van der Waals surface area contributed by atoms with Crippen molar-refractivity contribution in [2.75, 3.05) is 58.0 Å². The van der Waals surface area contributed by atoms with Crippen LogP contribution in [0.3, 0.4) is 0 Å². The molecular formula is C24H33I2N5O11. The van der Waals surface area contributed by atoms with Crippen LogP contribution in [0.4, 0.5) is 5.69 Å². The summed E-state index contributed by atoms with van der Waals surface area (Å²) in [5.41, 5.74) is -3.36. The molecule has 42 heavy (non-hydrogen) atoms. The van der Waals surface area contributed by atoms with Crippen molar-refractivity contribution in [2.24, 2.45) is 0 Å². The molecule has 234 valence electrons. The highest BCUT2D eigenvalue weighted by Gasteiger charge is 2.32. The van der Waals surface area contributed by atoms with Crippen molar-refractivity contribution < 1.29 is 54.6 Å². The molecule has 16 nitrogen and oxygen atoms in total. The van der Waals surface area contributed by atoms with Crippen LogP contribution in [0.15, 0.2) is 12.7 Å². The Morgan fingerprint density at radius 1 is 0.714 bits per heavy atom. The van der Waals surface area contributed by atoms with E-state index in [1.54, 1.807) is 45.2 Å². The summed E-state index contributed by atoms with van der Waals surface area (Å²) >= 11 is 3.49. The molecule has 0 spiro atoms. The number of aliphatic hydroxyl groups is 6. The van der Waals surface area contributed by atoms with Gasteiger partial charge in [-0.3, -0.25) is 24.0 Å². The third kappa shape index (κ3) is 9.26. The van der Waals surface area contributed by atoms with E-state index < -0.39 is 93.3 Å². The Hall–Kier alpha value is -2.47.